The number of pyridine rings is 1. The number of fused-ring (bicyclic) bond motifs is 1. The van der Waals surface area contributed by atoms with Crippen molar-refractivity contribution in [2.24, 2.45) is 0 Å². The zero-order chi connectivity index (χ0) is 16.8. The number of ether oxygens (including phenoxy) is 2. The monoisotopic (exact) mass is 323 g/mol. The van der Waals surface area contributed by atoms with Crippen molar-refractivity contribution in [1.82, 2.24) is 4.40 Å². The standard InChI is InChI=1S/C20H21NO3/c1-2-23-20(22)9-8-17-12-18-13-19(10-11-21(18)14-17)24-15-16-6-4-3-5-7-16/h3-7,10-14H,2,8-9,15H2,1H3. The van der Waals surface area contributed by atoms with Gasteiger partial charge in [0.1, 0.15) is 12.4 Å². The summed E-state index contributed by atoms with van der Waals surface area (Å²) in [4.78, 5) is 11.5. The third-order valence-corrected chi connectivity index (χ3v) is 3.80. The lowest BCUT2D eigenvalue weighted by atomic mass is 10.2. The van der Waals surface area contributed by atoms with E-state index >= 15 is 0 Å². The van der Waals surface area contributed by atoms with Gasteiger partial charge in [-0.3, -0.25) is 4.79 Å². The van der Waals surface area contributed by atoms with Crippen molar-refractivity contribution >= 4 is 11.5 Å². The van der Waals surface area contributed by atoms with Gasteiger partial charge < -0.3 is 13.9 Å². The number of aromatic nitrogens is 1. The average Bonchev–Trinajstić information content (AvgIpc) is 3.01. The molecule has 2 aromatic heterocycles. The number of esters is 1. The predicted molar refractivity (Wildman–Crippen MR) is 93.1 cm³/mol. The first kappa shape index (κ1) is 16.1. The summed E-state index contributed by atoms with van der Waals surface area (Å²) in [5.41, 5.74) is 3.31. The van der Waals surface area contributed by atoms with E-state index in [-0.39, 0.29) is 5.97 Å². The molecule has 1 aromatic carbocycles. The van der Waals surface area contributed by atoms with Crippen LogP contribution >= 0.6 is 0 Å². The molecule has 24 heavy (non-hydrogen) atoms. The molecule has 0 radical (unpaired) electrons. The summed E-state index contributed by atoms with van der Waals surface area (Å²) in [5.74, 6) is 0.682. The quantitative estimate of drug-likeness (QED) is 0.617. The lowest BCUT2D eigenvalue weighted by Crippen LogP contribution is -2.04. The molecule has 0 unspecified atom stereocenters. The van der Waals surface area contributed by atoms with E-state index < -0.39 is 0 Å². The van der Waals surface area contributed by atoms with E-state index in [4.69, 9.17) is 9.47 Å². The minimum absolute atomic E-state index is 0.153. The first-order chi connectivity index (χ1) is 11.7. The van der Waals surface area contributed by atoms with E-state index in [1.807, 2.05) is 66.2 Å². The van der Waals surface area contributed by atoms with Crippen molar-refractivity contribution in [3.8, 4) is 5.75 Å². The van der Waals surface area contributed by atoms with Gasteiger partial charge in [0.15, 0.2) is 0 Å². The third-order valence-electron chi connectivity index (χ3n) is 3.80. The van der Waals surface area contributed by atoms with E-state index in [1.165, 1.54) is 0 Å². The molecule has 0 atom stereocenters. The Labute approximate surface area is 141 Å². The van der Waals surface area contributed by atoms with Gasteiger partial charge in [-0.05, 0) is 36.6 Å². The fourth-order valence-electron chi connectivity index (χ4n) is 2.59. The second kappa shape index (κ2) is 7.68. The number of benzene rings is 1. The topological polar surface area (TPSA) is 39.9 Å². The largest absolute Gasteiger partial charge is 0.489 e. The van der Waals surface area contributed by atoms with Crippen molar-refractivity contribution in [3.05, 3.63) is 72.1 Å². The molecule has 0 bridgehead atoms. The normalized spacial score (nSPS) is 10.7. The van der Waals surface area contributed by atoms with Crippen LogP contribution in [0, 0.1) is 0 Å². The van der Waals surface area contributed by atoms with Crippen molar-refractivity contribution < 1.29 is 14.3 Å². The van der Waals surface area contributed by atoms with Gasteiger partial charge in [-0.25, -0.2) is 0 Å². The Kier molecular flexibility index (Phi) is 5.16. The zero-order valence-electron chi connectivity index (χ0n) is 13.8. The van der Waals surface area contributed by atoms with Crippen molar-refractivity contribution in [2.45, 2.75) is 26.4 Å². The molecule has 0 amide bonds. The van der Waals surface area contributed by atoms with E-state index in [2.05, 4.69) is 6.07 Å². The van der Waals surface area contributed by atoms with Gasteiger partial charge in [0.25, 0.3) is 0 Å². The lowest BCUT2D eigenvalue weighted by molar-refractivity contribution is -0.143. The molecule has 0 N–H and O–H groups in total. The Morgan fingerprint density at radius 2 is 1.92 bits per heavy atom. The van der Waals surface area contributed by atoms with Gasteiger partial charge >= 0.3 is 5.97 Å². The number of hydrogen-bond donors (Lipinski definition) is 0. The predicted octanol–water partition coefficient (Wildman–Crippen LogP) is 4.01. The molecule has 0 saturated heterocycles. The van der Waals surface area contributed by atoms with Crippen LogP contribution in [0.25, 0.3) is 5.52 Å². The van der Waals surface area contributed by atoms with Crippen LogP contribution in [0.1, 0.15) is 24.5 Å². The highest BCUT2D eigenvalue weighted by atomic mass is 16.5. The van der Waals surface area contributed by atoms with Crippen LogP contribution in [0.3, 0.4) is 0 Å². The molecule has 4 nitrogen and oxygen atoms in total. The number of rotatable bonds is 7. The molecule has 0 aliphatic heterocycles. The minimum Gasteiger partial charge on any atom is -0.489 e. The maximum absolute atomic E-state index is 11.5. The fourth-order valence-corrected chi connectivity index (χ4v) is 2.59. The van der Waals surface area contributed by atoms with Crippen LogP contribution in [0.15, 0.2) is 60.9 Å². The highest BCUT2D eigenvalue weighted by Crippen LogP contribution is 2.19. The van der Waals surface area contributed by atoms with Gasteiger partial charge in [-0.15, -0.1) is 0 Å². The van der Waals surface area contributed by atoms with Gasteiger partial charge in [0, 0.05) is 30.4 Å². The smallest absolute Gasteiger partial charge is 0.306 e. The summed E-state index contributed by atoms with van der Waals surface area (Å²) in [7, 11) is 0. The van der Waals surface area contributed by atoms with Gasteiger partial charge in [-0.2, -0.15) is 0 Å². The zero-order valence-corrected chi connectivity index (χ0v) is 13.8. The highest BCUT2D eigenvalue weighted by Gasteiger charge is 2.06. The minimum atomic E-state index is -0.153. The molecule has 3 aromatic rings. The molecule has 4 heteroatoms. The molecule has 0 saturated carbocycles. The maximum Gasteiger partial charge on any atom is 0.306 e. The van der Waals surface area contributed by atoms with Crippen LogP contribution in [0.4, 0.5) is 0 Å². The van der Waals surface area contributed by atoms with E-state index in [9.17, 15) is 4.79 Å². The molecule has 0 aliphatic rings. The fraction of sp³-hybridized carbons (Fsp3) is 0.250. The molecule has 0 aliphatic carbocycles. The summed E-state index contributed by atoms with van der Waals surface area (Å²) < 4.78 is 12.9. The summed E-state index contributed by atoms with van der Waals surface area (Å²) in [6.45, 7) is 2.80. The second-order valence-electron chi connectivity index (χ2n) is 5.62. The lowest BCUT2D eigenvalue weighted by Gasteiger charge is -2.06. The highest BCUT2D eigenvalue weighted by molar-refractivity contribution is 5.69. The molecular weight excluding hydrogens is 302 g/mol. The number of aryl methyl sites for hydroxylation is 1. The summed E-state index contributed by atoms with van der Waals surface area (Å²) in [6, 6.07) is 16.1. The maximum atomic E-state index is 11.5. The summed E-state index contributed by atoms with van der Waals surface area (Å²) >= 11 is 0. The van der Waals surface area contributed by atoms with E-state index in [1.54, 1.807) is 0 Å². The van der Waals surface area contributed by atoms with Gasteiger partial charge in [-0.1, -0.05) is 30.3 Å². The average molecular weight is 323 g/mol. The Hall–Kier alpha value is -2.75. The summed E-state index contributed by atoms with van der Waals surface area (Å²) in [6.07, 6.45) is 5.10. The third kappa shape index (κ3) is 4.16. The van der Waals surface area contributed by atoms with E-state index in [0.717, 1.165) is 22.4 Å². The molecular formula is C20H21NO3. The first-order valence-corrected chi connectivity index (χ1v) is 8.17. The molecule has 0 fully saturated rings. The van der Waals surface area contributed by atoms with Crippen molar-refractivity contribution in [1.29, 1.82) is 0 Å². The Morgan fingerprint density at radius 1 is 1.08 bits per heavy atom. The Morgan fingerprint density at radius 3 is 2.71 bits per heavy atom. The van der Waals surface area contributed by atoms with Crippen LogP contribution in [-0.2, 0) is 22.6 Å². The second-order valence-corrected chi connectivity index (χ2v) is 5.62. The summed E-state index contributed by atoms with van der Waals surface area (Å²) in [5, 5.41) is 0. The van der Waals surface area contributed by atoms with Gasteiger partial charge in [0.2, 0.25) is 0 Å². The van der Waals surface area contributed by atoms with Crippen molar-refractivity contribution in [3.63, 3.8) is 0 Å². The van der Waals surface area contributed by atoms with Gasteiger partial charge in [0.05, 0.1) is 6.61 Å². The van der Waals surface area contributed by atoms with E-state index in [0.29, 0.717) is 26.1 Å². The molecule has 0 spiro atoms. The molecule has 3 rings (SSSR count). The van der Waals surface area contributed by atoms with Crippen molar-refractivity contribution in [2.75, 3.05) is 6.61 Å². The van der Waals surface area contributed by atoms with Crippen LogP contribution in [-0.4, -0.2) is 17.0 Å². The molecule has 2 heterocycles. The van der Waals surface area contributed by atoms with Crippen LogP contribution in [0.2, 0.25) is 0 Å². The van der Waals surface area contributed by atoms with Crippen LogP contribution in [0.5, 0.6) is 5.75 Å². The first-order valence-electron chi connectivity index (χ1n) is 8.17. The Balaban J connectivity index is 1.64. The number of carbonyl (C=O) groups is 1. The number of carbonyl (C=O) groups excluding carboxylic acids is 1. The van der Waals surface area contributed by atoms with Crippen LogP contribution < -0.4 is 4.74 Å². The SMILES string of the molecule is CCOC(=O)CCc1cc2cc(OCc3ccccc3)ccn2c1. The Bertz CT molecular complexity index is 808. The number of hydrogen-bond acceptors (Lipinski definition) is 3. The molecule has 124 valence electrons. The number of nitrogens with zero attached hydrogens (tertiary/aromatic N) is 1.